The molecule has 0 aromatic heterocycles. The second-order valence-electron chi connectivity index (χ2n) is 2.55. The van der Waals surface area contributed by atoms with Crippen LogP contribution >= 0.6 is 15.9 Å². The number of aliphatic hydroxyl groups is 1. The maximum atomic E-state index is 10.8. The normalized spacial score (nSPS) is 13.2. The molecule has 1 N–H and O–H groups in total. The minimum absolute atomic E-state index is 0.0590. The molecule has 0 spiro atoms. The third kappa shape index (κ3) is 6.31. The first-order valence-electron chi connectivity index (χ1n) is 3.49. The van der Waals surface area contributed by atoms with Gasteiger partial charge in [-0.1, -0.05) is 15.9 Å². The molecule has 0 bridgehead atoms. The summed E-state index contributed by atoms with van der Waals surface area (Å²) in [7, 11) is 0. The predicted molar refractivity (Wildman–Crippen MR) is 45.6 cm³/mol. The summed E-state index contributed by atoms with van der Waals surface area (Å²) < 4.78 is 4.80. The molecule has 0 fully saturated rings. The van der Waals surface area contributed by atoms with Gasteiger partial charge in [-0.2, -0.15) is 0 Å². The van der Waals surface area contributed by atoms with E-state index >= 15 is 0 Å². The molecule has 0 heterocycles. The Balaban J connectivity index is 3.52. The Morgan fingerprint density at radius 1 is 1.64 bits per heavy atom. The first-order valence-corrected chi connectivity index (χ1v) is 4.62. The fourth-order valence-corrected chi connectivity index (χ4v) is 0.787. The number of ether oxygens (including phenoxy) is 1. The van der Waals surface area contributed by atoms with Crippen molar-refractivity contribution in [2.75, 3.05) is 5.33 Å². The number of hydrogen-bond acceptors (Lipinski definition) is 3. The molecule has 0 aliphatic carbocycles. The van der Waals surface area contributed by atoms with Crippen molar-refractivity contribution in [3.8, 4) is 0 Å². The maximum absolute atomic E-state index is 10.8. The standard InChI is InChI=1S/C7H13BrO3/c1-5(2)11-7(10)3-6(9)4-8/h5-6,9H,3-4H2,1-2H3/t6-/m1/s1. The molecule has 4 heteroatoms. The molecule has 1 atom stereocenters. The minimum atomic E-state index is -0.638. The van der Waals surface area contributed by atoms with Gasteiger partial charge in [-0.25, -0.2) is 0 Å². The zero-order chi connectivity index (χ0) is 8.85. The van der Waals surface area contributed by atoms with Crippen molar-refractivity contribution in [3.63, 3.8) is 0 Å². The molecule has 11 heavy (non-hydrogen) atoms. The van der Waals surface area contributed by atoms with Crippen LogP contribution in [-0.2, 0) is 9.53 Å². The SMILES string of the molecule is CC(C)OC(=O)C[C@@H](O)CBr. The lowest BCUT2D eigenvalue weighted by molar-refractivity contribution is -0.149. The molecule has 0 aliphatic rings. The van der Waals surface area contributed by atoms with Gasteiger partial charge >= 0.3 is 5.97 Å². The van der Waals surface area contributed by atoms with Crippen molar-refractivity contribution < 1.29 is 14.6 Å². The summed E-state index contributed by atoms with van der Waals surface area (Å²) in [4.78, 5) is 10.8. The number of hydrogen-bond donors (Lipinski definition) is 1. The average molecular weight is 225 g/mol. The zero-order valence-corrected chi connectivity index (χ0v) is 8.30. The summed E-state index contributed by atoms with van der Waals surface area (Å²) in [5, 5.41) is 9.40. The topological polar surface area (TPSA) is 46.5 Å². The Morgan fingerprint density at radius 3 is 2.55 bits per heavy atom. The van der Waals surface area contributed by atoms with E-state index in [-0.39, 0.29) is 18.5 Å². The van der Waals surface area contributed by atoms with Gasteiger partial charge < -0.3 is 9.84 Å². The van der Waals surface area contributed by atoms with E-state index in [4.69, 9.17) is 9.84 Å². The third-order valence-corrected chi connectivity index (χ3v) is 1.69. The van der Waals surface area contributed by atoms with Crippen LogP contribution in [0, 0.1) is 0 Å². The van der Waals surface area contributed by atoms with Crippen molar-refractivity contribution in [3.05, 3.63) is 0 Å². The van der Waals surface area contributed by atoms with Gasteiger partial charge in [-0.3, -0.25) is 4.79 Å². The number of alkyl halides is 1. The van der Waals surface area contributed by atoms with E-state index in [1.54, 1.807) is 13.8 Å². The number of esters is 1. The van der Waals surface area contributed by atoms with Crippen LogP contribution in [0.1, 0.15) is 20.3 Å². The summed E-state index contributed by atoms with van der Waals surface area (Å²) in [6, 6.07) is 0. The highest BCUT2D eigenvalue weighted by molar-refractivity contribution is 9.09. The van der Waals surface area contributed by atoms with Gasteiger partial charge in [0.05, 0.1) is 18.6 Å². The Bertz CT molecular complexity index is 125. The molecule has 0 aromatic carbocycles. The van der Waals surface area contributed by atoms with E-state index in [1.807, 2.05) is 0 Å². The van der Waals surface area contributed by atoms with Crippen LogP contribution in [0.5, 0.6) is 0 Å². The van der Waals surface area contributed by atoms with Gasteiger partial charge in [0.25, 0.3) is 0 Å². The average Bonchev–Trinajstić information content (AvgIpc) is 1.85. The van der Waals surface area contributed by atoms with Crippen molar-refractivity contribution in [2.24, 2.45) is 0 Å². The Hall–Kier alpha value is -0.0900. The van der Waals surface area contributed by atoms with E-state index < -0.39 is 6.10 Å². The second-order valence-corrected chi connectivity index (χ2v) is 3.20. The van der Waals surface area contributed by atoms with Gasteiger partial charge in [0, 0.05) is 5.33 Å². The van der Waals surface area contributed by atoms with E-state index in [9.17, 15) is 4.79 Å². The van der Waals surface area contributed by atoms with Gasteiger partial charge in [0.1, 0.15) is 0 Å². The Morgan fingerprint density at radius 2 is 2.18 bits per heavy atom. The van der Waals surface area contributed by atoms with Gasteiger partial charge in [-0.15, -0.1) is 0 Å². The molecule has 0 amide bonds. The monoisotopic (exact) mass is 224 g/mol. The van der Waals surface area contributed by atoms with Crippen LogP contribution < -0.4 is 0 Å². The summed E-state index contributed by atoms with van der Waals surface area (Å²) in [6.45, 7) is 3.55. The molecular weight excluding hydrogens is 212 g/mol. The third-order valence-electron chi connectivity index (χ3n) is 0.948. The maximum Gasteiger partial charge on any atom is 0.308 e. The van der Waals surface area contributed by atoms with Crippen LogP contribution in [0.3, 0.4) is 0 Å². The van der Waals surface area contributed by atoms with Crippen LogP contribution in [-0.4, -0.2) is 28.6 Å². The predicted octanol–water partition coefficient (Wildman–Crippen LogP) is 1.08. The fraction of sp³-hybridized carbons (Fsp3) is 0.857. The lowest BCUT2D eigenvalue weighted by Gasteiger charge is -2.09. The number of halogens is 1. The Kier molecular flexibility index (Phi) is 5.50. The summed E-state index contributed by atoms with van der Waals surface area (Å²) >= 11 is 3.05. The molecule has 66 valence electrons. The molecule has 0 saturated heterocycles. The molecule has 0 aromatic rings. The number of rotatable bonds is 4. The molecular formula is C7H13BrO3. The molecule has 3 nitrogen and oxygen atoms in total. The second kappa shape index (κ2) is 5.55. The highest BCUT2D eigenvalue weighted by Crippen LogP contribution is 2.00. The molecule has 0 rings (SSSR count). The minimum Gasteiger partial charge on any atom is -0.463 e. The lowest BCUT2D eigenvalue weighted by Crippen LogP contribution is -2.19. The fourth-order valence-electron chi connectivity index (χ4n) is 0.558. The van der Waals surface area contributed by atoms with Crippen LogP contribution in [0.4, 0.5) is 0 Å². The van der Waals surface area contributed by atoms with E-state index in [0.717, 1.165) is 0 Å². The highest BCUT2D eigenvalue weighted by Gasteiger charge is 2.11. The van der Waals surface area contributed by atoms with E-state index in [0.29, 0.717) is 5.33 Å². The van der Waals surface area contributed by atoms with Crippen molar-refractivity contribution >= 4 is 21.9 Å². The van der Waals surface area contributed by atoms with Crippen LogP contribution in [0.25, 0.3) is 0 Å². The molecule has 0 unspecified atom stereocenters. The van der Waals surface area contributed by atoms with Crippen molar-refractivity contribution in [1.82, 2.24) is 0 Å². The van der Waals surface area contributed by atoms with Gasteiger partial charge in [-0.05, 0) is 13.8 Å². The first-order chi connectivity index (χ1) is 5.06. The van der Waals surface area contributed by atoms with Crippen molar-refractivity contribution in [1.29, 1.82) is 0 Å². The quantitative estimate of drug-likeness (QED) is 0.575. The lowest BCUT2D eigenvalue weighted by atomic mass is 10.3. The molecule has 0 saturated carbocycles. The molecule has 0 aliphatic heterocycles. The highest BCUT2D eigenvalue weighted by atomic mass is 79.9. The van der Waals surface area contributed by atoms with Crippen molar-refractivity contribution in [2.45, 2.75) is 32.5 Å². The smallest absolute Gasteiger partial charge is 0.308 e. The van der Waals surface area contributed by atoms with Crippen LogP contribution in [0.15, 0.2) is 0 Å². The van der Waals surface area contributed by atoms with E-state index in [2.05, 4.69) is 15.9 Å². The summed E-state index contributed by atoms with van der Waals surface area (Å²) in [6.07, 6.45) is -0.685. The summed E-state index contributed by atoms with van der Waals surface area (Å²) in [5.41, 5.74) is 0. The van der Waals surface area contributed by atoms with Gasteiger partial charge in [0.2, 0.25) is 0 Å². The van der Waals surface area contributed by atoms with Crippen LogP contribution in [0.2, 0.25) is 0 Å². The number of aliphatic hydroxyl groups excluding tert-OH is 1. The van der Waals surface area contributed by atoms with Gasteiger partial charge in [0.15, 0.2) is 0 Å². The number of carbonyl (C=O) groups is 1. The number of carbonyl (C=O) groups excluding carboxylic acids is 1. The molecule has 0 radical (unpaired) electrons. The largest absolute Gasteiger partial charge is 0.463 e. The first kappa shape index (κ1) is 10.9. The zero-order valence-electron chi connectivity index (χ0n) is 6.71. The van der Waals surface area contributed by atoms with E-state index in [1.165, 1.54) is 0 Å². The summed E-state index contributed by atoms with van der Waals surface area (Å²) in [5.74, 6) is -0.355. The Labute approximate surface area is 74.9 Å².